The number of anilines is 2. The summed E-state index contributed by atoms with van der Waals surface area (Å²) >= 11 is 1.72. The molecule has 0 aliphatic carbocycles. The summed E-state index contributed by atoms with van der Waals surface area (Å²) in [6.07, 6.45) is 10.9. The summed E-state index contributed by atoms with van der Waals surface area (Å²) in [6.45, 7) is 9.71. The maximum Gasteiger partial charge on any atom is 0.0604 e. The molecule has 1 aromatic carbocycles. The van der Waals surface area contributed by atoms with Crippen LogP contribution in [0.3, 0.4) is 0 Å². The second kappa shape index (κ2) is 10.4. The zero-order valence-corrected chi connectivity index (χ0v) is 20.9. The highest BCUT2D eigenvalue weighted by molar-refractivity contribution is 7.13. The van der Waals surface area contributed by atoms with E-state index in [2.05, 4.69) is 69.4 Å². The van der Waals surface area contributed by atoms with Gasteiger partial charge in [-0.25, -0.2) is 0 Å². The van der Waals surface area contributed by atoms with Gasteiger partial charge in [-0.15, -0.1) is 11.3 Å². The Balaban J connectivity index is 1.32. The summed E-state index contributed by atoms with van der Waals surface area (Å²) in [7, 11) is 0. The van der Waals surface area contributed by atoms with Gasteiger partial charge in [0.25, 0.3) is 0 Å². The predicted molar refractivity (Wildman–Crippen MR) is 147 cm³/mol. The average Bonchev–Trinajstić information content (AvgIpc) is 3.57. The zero-order chi connectivity index (χ0) is 24.2. The van der Waals surface area contributed by atoms with Crippen molar-refractivity contribution in [2.24, 2.45) is 0 Å². The smallest absolute Gasteiger partial charge is 0.0604 e. The van der Waals surface area contributed by atoms with Crippen LogP contribution >= 0.6 is 11.3 Å². The Morgan fingerprint density at radius 2 is 1.89 bits per heavy atom. The lowest BCUT2D eigenvalue weighted by molar-refractivity contribution is 0.331. The maximum atomic E-state index is 6.36. The third-order valence-corrected chi connectivity index (χ3v) is 7.50. The van der Waals surface area contributed by atoms with Gasteiger partial charge >= 0.3 is 0 Å². The van der Waals surface area contributed by atoms with Crippen LogP contribution in [0.1, 0.15) is 29.5 Å². The monoisotopic (exact) mass is 481 g/mol. The van der Waals surface area contributed by atoms with Crippen molar-refractivity contribution in [3.05, 3.63) is 95.5 Å². The molecule has 178 valence electrons. The van der Waals surface area contributed by atoms with Gasteiger partial charge in [-0.05, 0) is 84.8 Å². The molecule has 0 amide bonds. The number of hydrogen-bond acceptors (Lipinski definition) is 6. The molecule has 3 N–H and O–H groups in total. The first kappa shape index (κ1) is 23.3. The molecule has 3 aromatic heterocycles. The van der Waals surface area contributed by atoms with Crippen LogP contribution in [-0.2, 0) is 13.0 Å². The molecule has 0 unspecified atom stereocenters. The number of aromatic nitrogens is 2. The largest absolute Gasteiger partial charge is 0.398 e. The Bertz CT molecular complexity index is 1320. The Labute approximate surface area is 211 Å². The van der Waals surface area contributed by atoms with Gasteiger partial charge in [0.2, 0.25) is 0 Å². The zero-order valence-electron chi connectivity index (χ0n) is 20.1. The molecule has 1 saturated heterocycles. The predicted octanol–water partition coefficient (Wildman–Crippen LogP) is 6.53. The standard InChI is InChI=1S/C29H31N5S/c1-20(33-28-18-32-17-26(21(28)2)29-6-5-11-35-29)12-24-14-23(7-8-27(24)30)25-13-22(15-31-16-25)19-34-9-3-4-10-34/h5-8,11,13-18,33H,1,3-4,9-10,12,19,30H2,2H3. The van der Waals surface area contributed by atoms with Gasteiger partial charge in [0.1, 0.15) is 0 Å². The topological polar surface area (TPSA) is 67.1 Å². The molecule has 5 nitrogen and oxygen atoms in total. The van der Waals surface area contributed by atoms with E-state index in [4.69, 9.17) is 5.73 Å². The van der Waals surface area contributed by atoms with Crippen LogP contribution in [0.2, 0.25) is 0 Å². The third-order valence-electron chi connectivity index (χ3n) is 6.59. The SMILES string of the molecule is C=C(Cc1cc(-c2cncc(CN3CCCC3)c2)ccc1N)Nc1cncc(-c2cccs2)c1C. The Morgan fingerprint density at radius 1 is 1.06 bits per heavy atom. The van der Waals surface area contributed by atoms with E-state index in [-0.39, 0.29) is 0 Å². The van der Waals surface area contributed by atoms with Gasteiger partial charge in [0.05, 0.1) is 11.9 Å². The lowest BCUT2D eigenvalue weighted by Crippen LogP contribution is -2.18. The van der Waals surface area contributed by atoms with Crippen molar-refractivity contribution < 1.29 is 0 Å². The van der Waals surface area contributed by atoms with Gasteiger partial charge in [0, 0.05) is 58.9 Å². The molecule has 6 heteroatoms. The summed E-state index contributed by atoms with van der Waals surface area (Å²) < 4.78 is 0. The summed E-state index contributed by atoms with van der Waals surface area (Å²) in [4.78, 5) is 12.7. The molecule has 0 radical (unpaired) electrons. The van der Waals surface area contributed by atoms with E-state index in [1.807, 2.05) is 30.9 Å². The third kappa shape index (κ3) is 5.45. The van der Waals surface area contributed by atoms with Crippen molar-refractivity contribution in [2.75, 3.05) is 24.1 Å². The summed E-state index contributed by atoms with van der Waals surface area (Å²) in [5.41, 5.74) is 15.8. The first-order valence-corrected chi connectivity index (χ1v) is 12.9. The van der Waals surface area contributed by atoms with Gasteiger partial charge in [0.15, 0.2) is 0 Å². The van der Waals surface area contributed by atoms with Crippen molar-refractivity contribution in [3.63, 3.8) is 0 Å². The van der Waals surface area contributed by atoms with Crippen LogP contribution in [0.5, 0.6) is 0 Å². The molecular formula is C29H31N5S. The fraction of sp³-hybridized carbons (Fsp3) is 0.241. The van der Waals surface area contributed by atoms with Crippen molar-refractivity contribution >= 4 is 22.7 Å². The average molecular weight is 482 g/mol. The highest BCUT2D eigenvalue weighted by Crippen LogP contribution is 2.32. The molecule has 5 rings (SSSR count). The Kier molecular flexibility index (Phi) is 6.93. The number of hydrogen-bond donors (Lipinski definition) is 2. The van der Waals surface area contributed by atoms with E-state index in [1.165, 1.54) is 36.4 Å². The van der Waals surface area contributed by atoms with Crippen LogP contribution in [0.25, 0.3) is 21.6 Å². The fourth-order valence-electron chi connectivity index (χ4n) is 4.67. The molecule has 0 bridgehead atoms. The number of pyridine rings is 2. The lowest BCUT2D eigenvalue weighted by Gasteiger charge is -2.16. The number of nitrogens with two attached hydrogens (primary N) is 1. The minimum absolute atomic E-state index is 0.628. The van der Waals surface area contributed by atoms with Crippen molar-refractivity contribution in [1.29, 1.82) is 0 Å². The van der Waals surface area contributed by atoms with Gasteiger partial charge in [-0.2, -0.15) is 0 Å². The number of benzene rings is 1. The Hall–Kier alpha value is -3.48. The number of nitrogens with one attached hydrogen (secondary N) is 1. The number of allylic oxidation sites excluding steroid dienone is 1. The van der Waals surface area contributed by atoms with Crippen LogP contribution in [-0.4, -0.2) is 28.0 Å². The molecule has 4 aromatic rings. The molecule has 35 heavy (non-hydrogen) atoms. The summed E-state index contributed by atoms with van der Waals surface area (Å²) in [6, 6.07) is 12.6. The number of nitrogens with zero attached hydrogens (tertiary/aromatic N) is 3. The maximum absolute atomic E-state index is 6.36. The van der Waals surface area contributed by atoms with Gasteiger partial charge < -0.3 is 11.1 Å². The van der Waals surface area contributed by atoms with E-state index >= 15 is 0 Å². The molecule has 0 atom stereocenters. The van der Waals surface area contributed by atoms with Crippen LogP contribution in [0, 0.1) is 6.92 Å². The quantitative estimate of drug-likeness (QED) is 0.280. The van der Waals surface area contributed by atoms with E-state index in [0.717, 1.165) is 51.4 Å². The van der Waals surface area contributed by atoms with Gasteiger partial charge in [-0.1, -0.05) is 18.7 Å². The lowest BCUT2D eigenvalue weighted by atomic mass is 9.99. The van der Waals surface area contributed by atoms with Crippen LogP contribution in [0.15, 0.2) is 78.8 Å². The molecule has 4 heterocycles. The van der Waals surface area contributed by atoms with Crippen LogP contribution < -0.4 is 11.1 Å². The summed E-state index contributed by atoms with van der Waals surface area (Å²) in [5.74, 6) is 0. The summed E-state index contributed by atoms with van der Waals surface area (Å²) in [5, 5.41) is 5.56. The molecule has 0 spiro atoms. The minimum Gasteiger partial charge on any atom is -0.398 e. The number of rotatable bonds is 8. The van der Waals surface area contributed by atoms with Crippen LogP contribution in [0.4, 0.5) is 11.4 Å². The molecule has 1 aliphatic rings. The molecule has 1 aliphatic heterocycles. The van der Waals surface area contributed by atoms with E-state index in [0.29, 0.717) is 6.42 Å². The normalized spacial score (nSPS) is 13.7. The number of thiophene rings is 1. The molecule has 1 fully saturated rings. The van der Waals surface area contributed by atoms with Crippen molar-refractivity contribution in [3.8, 4) is 21.6 Å². The second-order valence-corrected chi connectivity index (χ2v) is 10.2. The Morgan fingerprint density at radius 3 is 2.69 bits per heavy atom. The number of likely N-dealkylation sites (tertiary alicyclic amines) is 1. The molecular weight excluding hydrogens is 450 g/mol. The minimum atomic E-state index is 0.628. The second-order valence-electron chi connectivity index (χ2n) is 9.22. The highest BCUT2D eigenvalue weighted by Gasteiger charge is 2.13. The van der Waals surface area contributed by atoms with E-state index < -0.39 is 0 Å². The highest BCUT2D eigenvalue weighted by atomic mass is 32.1. The first-order valence-electron chi connectivity index (χ1n) is 12.0. The van der Waals surface area contributed by atoms with Gasteiger partial charge in [-0.3, -0.25) is 14.9 Å². The van der Waals surface area contributed by atoms with E-state index in [9.17, 15) is 0 Å². The molecule has 0 saturated carbocycles. The fourth-order valence-corrected chi connectivity index (χ4v) is 5.46. The number of nitrogen functional groups attached to an aromatic ring is 1. The van der Waals surface area contributed by atoms with E-state index in [1.54, 1.807) is 11.3 Å². The van der Waals surface area contributed by atoms with Crippen molar-refractivity contribution in [2.45, 2.75) is 32.7 Å². The first-order chi connectivity index (χ1) is 17.1. The van der Waals surface area contributed by atoms with Crippen molar-refractivity contribution in [1.82, 2.24) is 14.9 Å².